The Morgan fingerprint density at radius 3 is 2.43 bits per heavy atom. The lowest BCUT2D eigenvalue weighted by molar-refractivity contribution is 0.102. The Morgan fingerprint density at radius 1 is 1.43 bits per heavy atom. The van der Waals surface area contributed by atoms with Gasteiger partial charge in [-0.15, -0.1) is 17.0 Å². The first-order chi connectivity index (χ1) is 6.06. The van der Waals surface area contributed by atoms with Crippen LogP contribution in [0.25, 0.3) is 0 Å². The maximum Gasteiger partial charge on any atom is 0.175 e. The molecule has 1 heterocycles. The van der Waals surface area contributed by atoms with E-state index in [1.165, 1.54) is 0 Å². The van der Waals surface area contributed by atoms with Crippen molar-refractivity contribution in [2.45, 2.75) is 20.8 Å². The maximum absolute atomic E-state index is 11.5. The minimum Gasteiger partial charge on any atom is -0.293 e. The molecule has 1 rings (SSSR count). The van der Waals surface area contributed by atoms with Gasteiger partial charge in [-0.3, -0.25) is 9.78 Å². The van der Waals surface area contributed by atoms with Crippen LogP contribution in [0.3, 0.4) is 0 Å². The highest BCUT2D eigenvalue weighted by Gasteiger charge is 2.11. The summed E-state index contributed by atoms with van der Waals surface area (Å²) in [5, 5.41) is 0.361. The Hall–Kier alpha value is -0.220. The summed E-state index contributed by atoms with van der Waals surface area (Å²) in [4.78, 5) is 15.7. The van der Waals surface area contributed by atoms with Gasteiger partial charge in [0.2, 0.25) is 0 Å². The fraction of sp³-hybridized carbons (Fsp3) is 0.400. The molecule has 1 aromatic rings. The second-order valence-corrected chi connectivity index (χ2v) is 3.66. The third-order valence-electron chi connectivity index (χ3n) is 1.93. The molecule has 2 nitrogen and oxygen atoms in total. The van der Waals surface area contributed by atoms with Crippen LogP contribution in [0.4, 0.5) is 0 Å². The number of aromatic nitrogens is 1. The molecule has 0 aliphatic rings. The molecule has 1 aromatic heterocycles. The summed E-state index contributed by atoms with van der Waals surface area (Å²) in [6, 6.07) is 1.93. The molecule has 0 saturated carbocycles. The van der Waals surface area contributed by atoms with Gasteiger partial charge < -0.3 is 0 Å². The number of rotatable bonds is 2. The molecule has 0 bridgehead atoms. The number of Topliss-reactive ketones (excluding diaryl/α,β-unsaturated/α-hetero) is 1. The van der Waals surface area contributed by atoms with Crippen molar-refractivity contribution in [2.75, 3.05) is 5.33 Å². The van der Waals surface area contributed by atoms with Gasteiger partial charge in [-0.2, -0.15) is 0 Å². The minimum atomic E-state index is 0. The summed E-state index contributed by atoms with van der Waals surface area (Å²) in [5.74, 6) is 0.0995. The smallest absolute Gasteiger partial charge is 0.175 e. The Labute approximate surface area is 103 Å². The molecule has 0 spiro atoms. The van der Waals surface area contributed by atoms with Gasteiger partial charge in [0, 0.05) is 17.0 Å². The lowest BCUT2D eigenvalue weighted by Gasteiger charge is -2.07. The fourth-order valence-corrected chi connectivity index (χ4v) is 1.79. The van der Waals surface area contributed by atoms with Crippen LogP contribution in [0.1, 0.15) is 27.3 Å². The summed E-state index contributed by atoms with van der Waals surface area (Å²) in [5.41, 5.74) is 3.54. The molecule has 78 valence electrons. The van der Waals surface area contributed by atoms with Crippen molar-refractivity contribution in [1.29, 1.82) is 0 Å². The topological polar surface area (TPSA) is 30.0 Å². The van der Waals surface area contributed by atoms with Crippen molar-refractivity contribution in [3.05, 3.63) is 28.6 Å². The van der Waals surface area contributed by atoms with Gasteiger partial charge in [-0.05, 0) is 32.4 Å². The summed E-state index contributed by atoms with van der Waals surface area (Å²) >= 11 is 3.16. The van der Waals surface area contributed by atoms with E-state index < -0.39 is 0 Å². The number of ketones is 1. The molecule has 0 saturated heterocycles. The number of hydrogen-bond acceptors (Lipinski definition) is 2. The van der Waals surface area contributed by atoms with Gasteiger partial charge in [-0.25, -0.2) is 0 Å². The highest BCUT2D eigenvalue weighted by molar-refractivity contribution is 9.09. The molecule has 0 atom stereocenters. The van der Waals surface area contributed by atoms with E-state index in [0.717, 1.165) is 22.5 Å². The van der Waals surface area contributed by atoms with E-state index in [2.05, 4.69) is 20.9 Å². The normalized spacial score (nSPS) is 9.43. The van der Waals surface area contributed by atoms with E-state index in [0.29, 0.717) is 5.33 Å². The van der Waals surface area contributed by atoms with Crippen LogP contribution in [0.5, 0.6) is 0 Å². The number of carbonyl (C=O) groups excluding carboxylic acids is 1. The third kappa shape index (κ3) is 2.89. The Bertz CT molecular complexity index is 327. The zero-order valence-electron chi connectivity index (χ0n) is 8.43. The largest absolute Gasteiger partial charge is 0.293 e. The molecule has 0 aromatic carbocycles. The summed E-state index contributed by atoms with van der Waals surface area (Å²) in [6.45, 7) is 5.75. The standard InChI is InChI=1S/C10H12BrNO.BrH/c1-6-4-7(2)12-8(3)10(6)9(13)5-11;/h4H,5H2,1-3H3;1H. The highest BCUT2D eigenvalue weighted by Crippen LogP contribution is 2.14. The quantitative estimate of drug-likeness (QED) is 0.618. The molecule has 0 N–H and O–H groups in total. The van der Waals surface area contributed by atoms with Crippen molar-refractivity contribution in [1.82, 2.24) is 4.98 Å². The van der Waals surface area contributed by atoms with Crippen LogP contribution in [0.15, 0.2) is 6.07 Å². The summed E-state index contributed by atoms with van der Waals surface area (Å²) in [7, 11) is 0. The number of hydrogen-bond donors (Lipinski definition) is 0. The molecule has 4 heteroatoms. The van der Waals surface area contributed by atoms with Crippen molar-refractivity contribution < 1.29 is 4.79 Å². The molecule has 0 unspecified atom stereocenters. The van der Waals surface area contributed by atoms with Gasteiger partial charge in [0.25, 0.3) is 0 Å². The van der Waals surface area contributed by atoms with Gasteiger partial charge in [-0.1, -0.05) is 15.9 Å². The van der Waals surface area contributed by atoms with Crippen molar-refractivity contribution in [3.63, 3.8) is 0 Å². The van der Waals surface area contributed by atoms with E-state index >= 15 is 0 Å². The highest BCUT2D eigenvalue weighted by atomic mass is 79.9. The number of halogens is 2. The molecule has 0 aliphatic carbocycles. The second kappa shape index (κ2) is 5.61. The zero-order chi connectivity index (χ0) is 10.0. The van der Waals surface area contributed by atoms with Crippen LogP contribution < -0.4 is 0 Å². The van der Waals surface area contributed by atoms with Gasteiger partial charge in [0.15, 0.2) is 5.78 Å². The molecule has 0 radical (unpaired) electrons. The van der Waals surface area contributed by atoms with Gasteiger partial charge in [0.05, 0.1) is 5.33 Å². The number of aryl methyl sites for hydroxylation is 3. The maximum atomic E-state index is 11.5. The Balaban J connectivity index is 0.00000169. The zero-order valence-corrected chi connectivity index (χ0v) is 11.7. The van der Waals surface area contributed by atoms with E-state index in [4.69, 9.17) is 0 Å². The van der Waals surface area contributed by atoms with E-state index in [9.17, 15) is 4.79 Å². The number of nitrogens with zero attached hydrogens (tertiary/aromatic N) is 1. The van der Waals surface area contributed by atoms with Crippen molar-refractivity contribution in [2.24, 2.45) is 0 Å². The first-order valence-electron chi connectivity index (χ1n) is 4.10. The van der Waals surface area contributed by atoms with E-state index in [1.54, 1.807) is 0 Å². The molecule has 14 heavy (non-hydrogen) atoms. The second-order valence-electron chi connectivity index (χ2n) is 3.10. The van der Waals surface area contributed by atoms with Crippen LogP contribution >= 0.6 is 32.9 Å². The lowest BCUT2D eigenvalue weighted by atomic mass is 10.0. The monoisotopic (exact) mass is 321 g/mol. The fourth-order valence-electron chi connectivity index (χ4n) is 1.51. The molecular formula is C10H13Br2NO. The Morgan fingerprint density at radius 2 is 2.00 bits per heavy atom. The predicted molar refractivity (Wildman–Crippen MR) is 66.9 cm³/mol. The molecule has 0 amide bonds. The summed E-state index contributed by atoms with van der Waals surface area (Å²) < 4.78 is 0. The SMILES string of the molecule is Br.Cc1cc(C)c(C(=O)CBr)c(C)n1. The molecular weight excluding hydrogens is 310 g/mol. The van der Waals surface area contributed by atoms with Gasteiger partial charge in [0.1, 0.15) is 0 Å². The van der Waals surface area contributed by atoms with Crippen molar-refractivity contribution >= 4 is 38.7 Å². The van der Waals surface area contributed by atoms with Crippen molar-refractivity contribution in [3.8, 4) is 0 Å². The lowest BCUT2D eigenvalue weighted by Crippen LogP contribution is -2.07. The van der Waals surface area contributed by atoms with E-state index in [1.807, 2.05) is 26.8 Å². The minimum absolute atomic E-state index is 0. The first-order valence-corrected chi connectivity index (χ1v) is 5.22. The van der Waals surface area contributed by atoms with Gasteiger partial charge >= 0.3 is 0 Å². The number of alkyl halides is 1. The number of pyridine rings is 1. The third-order valence-corrected chi connectivity index (χ3v) is 2.44. The average molecular weight is 323 g/mol. The van der Waals surface area contributed by atoms with Crippen LogP contribution in [0.2, 0.25) is 0 Å². The van der Waals surface area contributed by atoms with Crippen LogP contribution in [-0.4, -0.2) is 16.1 Å². The summed E-state index contributed by atoms with van der Waals surface area (Å²) in [6.07, 6.45) is 0. The van der Waals surface area contributed by atoms with E-state index in [-0.39, 0.29) is 22.8 Å². The van der Waals surface area contributed by atoms with Crippen LogP contribution in [0, 0.1) is 20.8 Å². The molecule has 0 aliphatic heterocycles. The Kier molecular flexibility index (Phi) is 5.52. The predicted octanol–water partition coefficient (Wildman–Crippen LogP) is 3.16. The van der Waals surface area contributed by atoms with Crippen LogP contribution in [-0.2, 0) is 0 Å². The molecule has 0 fully saturated rings. The average Bonchev–Trinajstić information content (AvgIpc) is 2.02. The number of carbonyl (C=O) groups is 1. The first kappa shape index (κ1) is 13.8.